The molecule has 0 aliphatic carbocycles. The van der Waals surface area contributed by atoms with Gasteiger partial charge >= 0.3 is 6.03 Å². The van der Waals surface area contributed by atoms with Gasteiger partial charge in [0.15, 0.2) is 0 Å². The van der Waals surface area contributed by atoms with E-state index in [4.69, 9.17) is 0 Å². The molecule has 0 aromatic rings. The summed E-state index contributed by atoms with van der Waals surface area (Å²) in [5.74, 6) is 0. The fourth-order valence-corrected chi connectivity index (χ4v) is 2.28. The largest absolute Gasteiger partial charge is 0.338 e. The number of unbranched alkanes of at least 4 members (excludes halogenated alkanes) is 1. The highest BCUT2D eigenvalue weighted by Crippen LogP contribution is 2.22. The molecule has 1 aliphatic heterocycles. The zero-order valence-corrected chi connectivity index (χ0v) is 10.3. The molecule has 0 bridgehead atoms. The Morgan fingerprint density at radius 3 is 2.47 bits per heavy atom. The Morgan fingerprint density at radius 2 is 1.93 bits per heavy atom. The highest BCUT2D eigenvalue weighted by atomic mass is 16.2. The van der Waals surface area contributed by atoms with Crippen molar-refractivity contribution in [3.63, 3.8) is 0 Å². The van der Waals surface area contributed by atoms with Crippen LogP contribution in [0.5, 0.6) is 0 Å². The SMILES string of the molecule is CCCCNC(=O)N1[C@H](C)CCC[C@H]1C. The van der Waals surface area contributed by atoms with Gasteiger partial charge in [0.1, 0.15) is 0 Å². The van der Waals surface area contributed by atoms with Gasteiger partial charge in [0, 0.05) is 18.6 Å². The molecule has 15 heavy (non-hydrogen) atoms. The highest BCUT2D eigenvalue weighted by molar-refractivity contribution is 5.74. The number of nitrogens with one attached hydrogen (secondary N) is 1. The van der Waals surface area contributed by atoms with Crippen molar-refractivity contribution >= 4 is 6.03 Å². The van der Waals surface area contributed by atoms with E-state index in [1.54, 1.807) is 0 Å². The second kappa shape index (κ2) is 5.99. The first-order valence-corrected chi connectivity index (χ1v) is 6.23. The molecule has 0 unspecified atom stereocenters. The number of nitrogens with zero attached hydrogens (tertiary/aromatic N) is 1. The van der Waals surface area contributed by atoms with E-state index in [-0.39, 0.29) is 6.03 Å². The molecule has 3 heteroatoms. The van der Waals surface area contributed by atoms with E-state index in [9.17, 15) is 4.79 Å². The maximum atomic E-state index is 11.9. The minimum atomic E-state index is 0.128. The third kappa shape index (κ3) is 3.40. The molecule has 0 aromatic carbocycles. The molecular formula is C12H24N2O. The van der Waals surface area contributed by atoms with Gasteiger partial charge in [0.05, 0.1) is 0 Å². The first kappa shape index (κ1) is 12.3. The van der Waals surface area contributed by atoms with Crippen LogP contribution in [0.2, 0.25) is 0 Å². The lowest BCUT2D eigenvalue weighted by molar-refractivity contribution is 0.123. The minimum absolute atomic E-state index is 0.128. The van der Waals surface area contributed by atoms with Crippen LogP contribution in [0.4, 0.5) is 4.79 Å². The van der Waals surface area contributed by atoms with Crippen LogP contribution >= 0.6 is 0 Å². The number of carbonyl (C=O) groups is 1. The van der Waals surface area contributed by atoms with Crippen molar-refractivity contribution in [2.75, 3.05) is 6.54 Å². The lowest BCUT2D eigenvalue weighted by Gasteiger charge is -2.38. The zero-order chi connectivity index (χ0) is 11.3. The van der Waals surface area contributed by atoms with Gasteiger partial charge in [-0.2, -0.15) is 0 Å². The first-order valence-electron chi connectivity index (χ1n) is 6.23. The van der Waals surface area contributed by atoms with Crippen molar-refractivity contribution in [1.29, 1.82) is 0 Å². The molecule has 2 atom stereocenters. The summed E-state index contributed by atoms with van der Waals surface area (Å²) in [4.78, 5) is 13.9. The summed E-state index contributed by atoms with van der Waals surface area (Å²) in [5.41, 5.74) is 0. The Hall–Kier alpha value is -0.730. The maximum absolute atomic E-state index is 11.9. The van der Waals surface area contributed by atoms with Gasteiger partial charge in [0.25, 0.3) is 0 Å². The van der Waals surface area contributed by atoms with Crippen LogP contribution in [0.1, 0.15) is 52.9 Å². The van der Waals surface area contributed by atoms with Crippen molar-refractivity contribution in [3.05, 3.63) is 0 Å². The molecule has 88 valence electrons. The lowest BCUT2D eigenvalue weighted by atomic mass is 9.98. The fraction of sp³-hybridized carbons (Fsp3) is 0.917. The molecule has 3 nitrogen and oxygen atoms in total. The molecule has 1 saturated heterocycles. The van der Waals surface area contributed by atoms with Crippen molar-refractivity contribution in [2.24, 2.45) is 0 Å². The summed E-state index contributed by atoms with van der Waals surface area (Å²) in [7, 11) is 0. The van der Waals surface area contributed by atoms with Gasteiger partial charge in [-0.3, -0.25) is 0 Å². The zero-order valence-electron chi connectivity index (χ0n) is 10.3. The number of piperidine rings is 1. The lowest BCUT2D eigenvalue weighted by Crippen LogP contribution is -2.51. The van der Waals surface area contributed by atoms with E-state index in [1.165, 1.54) is 6.42 Å². The third-order valence-electron chi connectivity index (χ3n) is 3.23. The van der Waals surface area contributed by atoms with Crippen molar-refractivity contribution in [1.82, 2.24) is 10.2 Å². The molecule has 1 rings (SSSR count). The molecule has 1 N–H and O–H groups in total. The summed E-state index contributed by atoms with van der Waals surface area (Å²) in [6.45, 7) is 7.24. The maximum Gasteiger partial charge on any atom is 0.317 e. The molecule has 0 radical (unpaired) electrons. The molecule has 0 spiro atoms. The number of carbonyl (C=O) groups excluding carboxylic acids is 1. The predicted octanol–water partition coefficient (Wildman–Crippen LogP) is 2.76. The Morgan fingerprint density at radius 1 is 1.33 bits per heavy atom. The first-order chi connectivity index (χ1) is 7.16. The molecule has 1 fully saturated rings. The van der Waals surface area contributed by atoms with Gasteiger partial charge in [-0.25, -0.2) is 4.79 Å². The molecule has 0 aromatic heterocycles. The summed E-state index contributed by atoms with van der Waals surface area (Å²) < 4.78 is 0. The van der Waals surface area contributed by atoms with Gasteiger partial charge in [-0.1, -0.05) is 13.3 Å². The molecule has 0 saturated carbocycles. The second-order valence-corrected chi connectivity index (χ2v) is 4.62. The number of hydrogen-bond donors (Lipinski definition) is 1. The van der Waals surface area contributed by atoms with Gasteiger partial charge in [-0.05, 0) is 39.5 Å². The minimum Gasteiger partial charge on any atom is -0.338 e. The van der Waals surface area contributed by atoms with E-state index < -0.39 is 0 Å². The third-order valence-corrected chi connectivity index (χ3v) is 3.23. The van der Waals surface area contributed by atoms with Gasteiger partial charge in [-0.15, -0.1) is 0 Å². The highest BCUT2D eigenvalue weighted by Gasteiger charge is 2.28. The quantitative estimate of drug-likeness (QED) is 0.717. The van der Waals surface area contributed by atoms with E-state index in [0.717, 1.165) is 32.2 Å². The number of urea groups is 1. The monoisotopic (exact) mass is 212 g/mol. The van der Waals surface area contributed by atoms with Gasteiger partial charge in [0.2, 0.25) is 0 Å². The molecule has 2 amide bonds. The Balaban J connectivity index is 2.41. The Bertz CT molecular complexity index is 196. The Labute approximate surface area is 93.2 Å². The van der Waals surface area contributed by atoms with Crippen molar-refractivity contribution in [3.8, 4) is 0 Å². The van der Waals surface area contributed by atoms with Crippen LogP contribution in [0.15, 0.2) is 0 Å². The van der Waals surface area contributed by atoms with Crippen molar-refractivity contribution in [2.45, 2.75) is 65.0 Å². The molecular weight excluding hydrogens is 188 g/mol. The van der Waals surface area contributed by atoms with Crippen LogP contribution < -0.4 is 5.32 Å². The standard InChI is InChI=1S/C12H24N2O/c1-4-5-9-13-12(15)14-10(2)7-6-8-11(14)3/h10-11H,4-9H2,1-3H3,(H,13,15)/t10-,11-/m1/s1. The topological polar surface area (TPSA) is 32.3 Å². The van der Waals surface area contributed by atoms with Crippen LogP contribution in [-0.2, 0) is 0 Å². The van der Waals surface area contributed by atoms with E-state index in [2.05, 4.69) is 26.1 Å². The summed E-state index contributed by atoms with van der Waals surface area (Å²) in [6, 6.07) is 0.925. The summed E-state index contributed by atoms with van der Waals surface area (Å²) in [5, 5.41) is 3.00. The summed E-state index contributed by atoms with van der Waals surface area (Å²) in [6.07, 6.45) is 5.74. The Kier molecular flexibility index (Phi) is 4.92. The summed E-state index contributed by atoms with van der Waals surface area (Å²) >= 11 is 0. The fourth-order valence-electron chi connectivity index (χ4n) is 2.28. The normalized spacial score (nSPS) is 26.5. The number of hydrogen-bond acceptors (Lipinski definition) is 1. The predicted molar refractivity (Wildman–Crippen MR) is 62.9 cm³/mol. The number of likely N-dealkylation sites (tertiary alicyclic amines) is 1. The van der Waals surface area contributed by atoms with E-state index in [0.29, 0.717) is 12.1 Å². The van der Waals surface area contributed by atoms with Crippen LogP contribution in [0, 0.1) is 0 Å². The second-order valence-electron chi connectivity index (χ2n) is 4.62. The smallest absolute Gasteiger partial charge is 0.317 e. The van der Waals surface area contributed by atoms with Crippen LogP contribution in [0.25, 0.3) is 0 Å². The van der Waals surface area contributed by atoms with Crippen LogP contribution in [0.3, 0.4) is 0 Å². The van der Waals surface area contributed by atoms with Crippen molar-refractivity contribution < 1.29 is 4.79 Å². The van der Waals surface area contributed by atoms with E-state index in [1.807, 2.05) is 4.90 Å². The van der Waals surface area contributed by atoms with E-state index >= 15 is 0 Å². The average Bonchev–Trinajstić information content (AvgIpc) is 2.18. The van der Waals surface area contributed by atoms with Crippen LogP contribution in [-0.4, -0.2) is 29.6 Å². The average molecular weight is 212 g/mol. The van der Waals surface area contributed by atoms with Gasteiger partial charge < -0.3 is 10.2 Å². The number of rotatable bonds is 3. The molecule has 1 heterocycles. The molecule has 1 aliphatic rings. The number of amides is 2.